The van der Waals surface area contributed by atoms with E-state index in [4.69, 9.17) is 8.83 Å². The van der Waals surface area contributed by atoms with Gasteiger partial charge in [0.15, 0.2) is 0 Å². The Labute approximate surface area is 367 Å². The average Bonchev–Trinajstić information content (AvgIpc) is 3.92. The maximum absolute atomic E-state index is 6.93. The molecular weight excluding hydrogens is 777 g/mol. The van der Waals surface area contributed by atoms with E-state index in [-0.39, 0.29) is 0 Å². The topological polar surface area (TPSA) is 26.3 Å². The van der Waals surface area contributed by atoms with Crippen LogP contribution in [0.25, 0.3) is 142 Å². The number of furan rings is 2. The zero-order valence-electron chi connectivity index (χ0n) is 34.6. The standard InChI is InChI=1S/C62H36O2/c1-2-16-38-31-40(30-29-37(38)15-1)58-48-22-6-8-24-50(48)59(51-25-9-7-23-49(51)58)42-32-41(53-36-55-47-21-12-13-27-56(47)63-61(55)52-26-10-5-19-45(52)53)33-43(34-42)60-44-18-4-3-17-39(44)35-54-46-20-11-14-28-57(46)64-62(54)60/h1-36H. The Balaban J connectivity index is 1.14. The highest BCUT2D eigenvalue weighted by molar-refractivity contribution is 6.24. The van der Waals surface area contributed by atoms with Crippen LogP contribution in [0.15, 0.2) is 227 Å². The zero-order chi connectivity index (χ0) is 41.9. The normalized spacial score (nSPS) is 12.1. The summed E-state index contributed by atoms with van der Waals surface area (Å²) in [5.74, 6) is 0. The third-order valence-corrected chi connectivity index (χ3v) is 13.6. The molecule has 0 aliphatic rings. The highest BCUT2D eigenvalue weighted by Gasteiger charge is 2.23. The molecule has 64 heavy (non-hydrogen) atoms. The van der Waals surface area contributed by atoms with Gasteiger partial charge >= 0.3 is 0 Å². The van der Waals surface area contributed by atoms with Crippen molar-refractivity contribution in [3.8, 4) is 44.5 Å². The second kappa shape index (κ2) is 13.5. The van der Waals surface area contributed by atoms with Crippen LogP contribution in [0.1, 0.15) is 0 Å². The van der Waals surface area contributed by atoms with Gasteiger partial charge in [-0.15, -0.1) is 0 Å². The summed E-state index contributed by atoms with van der Waals surface area (Å²) in [7, 11) is 0. The van der Waals surface area contributed by atoms with Crippen LogP contribution in [0, 0.1) is 0 Å². The molecule has 2 aromatic heterocycles. The molecule has 2 heteroatoms. The smallest absolute Gasteiger partial charge is 0.143 e. The first-order chi connectivity index (χ1) is 31.7. The van der Waals surface area contributed by atoms with E-state index in [1.165, 1.54) is 54.4 Å². The molecule has 2 heterocycles. The maximum atomic E-state index is 6.93. The highest BCUT2D eigenvalue weighted by Crippen LogP contribution is 2.49. The van der Waals surface area contributed by atoms with Gasteiger partial charge in [0, 0.05) is 32.5 Å². The fourth-order valence-corrected chi connectivity index (χ4v) is 10.8. The van der Waals surface area contributed by atoms with Gasteiger partial charge in [0.05, 0.1) is 0 Å². The van der Waals surface area contributed by atoms with Crippen molar-refractivity contribution in [3.63, 3.8) is 0 Å². The predicted molar refractivity (Wildman–Crippen MR) is 270 cm³/mol. The van der Waals surface area contributed by atoms with Crippen LogP contribution < -0.4 is 0 Å². The van der Waals surface area contributed by atoms with Crippen molar-refractivity contribution in [1.29, 1.82) is 0 Å². The van der Waals surface area contributed by atoms with E-state index < -0.39 is 0 Å². The molecule has 14 aromatic rings. The Morgan fingerprint density at radius 1 is 0.219 bits per heavy atom. The Morgan fingerprint density at radius 3 is 1.33 bits per heavy atom. The molecule has 0 aliphatic carbocycles. The van der Waals surface area contributed by atoms with E-state index in [1.807, 2.05) is 6.07 Å². The molecule has 0 saturated carbocycles. The molecule has 296 valence electrons. The minimum Gasteiger partial charge on any atom is -0.455 e. The third kappa shape index (κ3) is 5.14. The molecule has 0 unspecified atom stereocenters. The Hall–Kier alpha value is -8.46. The van der Waals surface area contributed by atoms with Crippen LogP contribution in [0.4, 0.5) is 0 Å². The van der Waals surface area contributed by atoms with Crippen LogP contribution in [-0.4, -0.2) is 0 Å². The number of rotatable bonds is 4. The van der Waals surface area contributed by atoms with Gasteiger partial charge in [0.1, 0.15) is 22.3 Å². The van der Waals surface area contributed by atoms with Crippen LogP contribution >= 0.6 is 0 Å². The van der Waals surface area contributed by atoms with Gasteiger partial charge in [-0.3, -0.25) is 0 Å². The first-order valence-electron chi connectivity index (χ1n) is 22.0. The number of fused-ring (bicyclic) bond motifs is 12. The van der Waals surface area contributed by atoms with E-state index in [0.717, 1.165) is 87.9 Å². The first kappa shape index (κ1) is 35.2. The SMILES string of the molecule is c1ccc2cc(-c3c4ccccc4c(-c4cc(-c5cc6c7ccccc7oc6c6ccccc56)cc(-c5c6ccccc6cc6c5oc5ccccc56)c4)c4ccccc34)ccc2c1. The molecule has 0 atom stereocenters. The zero-order valence-corrected chi connectivity index (χ0v) is 34.6. The van der Waals surface area contributed by atoms with Crippen molar-refractivity contribution >= 4 is 97.7 Å². The maximum Gasteiger partial charge on any atom is 0.143 e. The molecular formula is C62H36O2. The van der Waals surface area contributed by atoms with E-state index >= 15 is 0 Å². The summed E-state index contributed by atoms with van der Waals surface area (Å²) >= 11 is 0. The van der Waals surface area contributed by atoms with Crippen molar-refractivity contribution in [1.82, 2.24) is 0 Å². The monoisotopic (exact) mass is 812 g/mol. The van der Waals surface area contributed by atoms with Crippen LogP contribution in [-0.2, 0) is 0 Å². The fraction of sp³-hybridized carbons (Fsp3) is 0. The number of hydrogen-bond acceptors (Lipinski definition) is 2. The van der Waals surface area contributed by atoms with Gasteiger partial charge in [-0.05, 0) is 136 Å². The molecule has 0 saturated heterocycles. The number of para-hydroxylation sites is 2. The lowest BCUT2D eigenvalue weighted by atomic mass is 9.83. The summed E-state index contributed by atoms with van der Waals surface area (Å²) in [4.78, 5) is 0. The van der Waals surface area contributed by atoms with Gasteiger partial charge in [-0.2, -0.15) is 0 Å². The molecule has 0 aliphatic heterocycles. The Morgan fingerprint density at radius 2 is 0.672 bits per heavy atom. The summed E-state index contributed by atoms with van der Waals surface area (Å²) in [6, 6.07) is 79.6. The molecule has 0 bridgehead atoms. The molecule has 2 nitrogen and oxygen atoms in total. The highest BCUT2D eigenvalue weighted by atomic mass is 16.3. The summed E-state index contributed by atoms with van der Waals surface area (Å²) < 4.78 is 13.5. The average molecular weight is 813 g/mol. The van der Waals surface area contributed by atoms with E-state index in [2.05, 4.69) is 212 Å². The van der Waals surface area contributed by atoms with Crippen molar-refractivity contribution in [2.45, 2.75) is 0 Å². The van der Waals surface area contributed by atoms with Crippen molar-refractivity contribution < 1.29 is 8.83 Å². The summed E-state index contributed by atoms with van der Waals surface area (Å²) in [5.41, 5.74) is 12.9. The lowest BCUT2D eigenvalue weighted by molar-refractivity contribution is 0.670. The van der Waals surface area contributed by atoms with Gasteiger partial charge in [0.2, 0.25) is 0 Å². The summed E-state index contributed by atoms with van der Waals surface area (Å²) in [6.45, 7) is 0. The minimum absolute atomic E-state index is 0.884. The second-order valence-corrected chi connectivity index (χ2v) is 17.1. The fourth-order valence-electron chi connectivity index (χ4n) is 10.8. The summed E-state index contributed by atoms with van der Waals surface area (Å²) in [5, 5.41) is 16.4. The minimum atomic E-state index is 0.884. The molecule has 12 aromatic carbocycles. The molecule has 0 amide bonds. The molecule has 0 spiro atoms. The van der Waals surface area contributed by atoms with E-state index in [0.29, 0.717) is 0 Å². The van der Waals surface area contributed by atoms with Crippen molar-refractivity contribution in [3.05, 3.63) is 218 Å². The lowest BCUT2D eigenvalue weighted by Crippen LogP contribution is -1.93. The molecule has 0 radical (unpaired) electrons. The Bertz CT molecular complexity index is 4200. The second-order valence-electron chi connectivity index (χ2n) is 17.1. The van der Waals surface area contributed by atoms with Crippen molar-refractivity contribution in [2.75, 3.05) is 0 Å². The summed E-state index contributed by atoms with van der Waals surface area (Å²) in [6.07, 6.45) is 0. The predicted octanol–water partition coefficient (Wildman–Crippen LogP) is 17.9. The quantitative estimate of drug-likeness (QED) is 0.166. The molecule has 0 fully saturated rings. The van der Waals surface area contributed by atoms with Crippen molar-refractivity contribution in [2.24, 2.45) is 0 Å². The van der Waals surface area contributed by atoms with E-state index in [1.54, 1.807) is 0 Å². The third-order valence-electron chi connectivity index (χ3n) is 13.6. The molecule has 0 N–H and O–H groups in total. The van der Waals surface area contributed by atoms with Gasteiger partial charge in [-0.25, -0.2) is 0 Å². The van der Waals surface area contributed by atoms with Gasteiger partial charge in [0.25, 0.3) is 0 Å². The van der Waals surface area contributed by atoms with Crippen LogP contribution in [0.2, 0.25) is 0 Å². The Kier molecular flexibility index (Phi) is 7.43. The largest absolute Gasteiger partial charge is 0.455 e. The van der Waals surface area contributed by atoms with Crippen LogP contribution in [0.3, 0.4) is 0 Å². The van der Waals surface area contributed by atoms with E-state index in [9.17, 15) is 0 Å². The first-order valence-corrected chi connectivity index (χ1v) is 22.0. The molecule has 14 rings (SSSR count). The van der Waals surface area contributed by atoms with Gasteiger partial charge < -0.3 is 8.83 Å². The van der Waals surface area contributed by atoms with Crippen LogP contribution in [0.5, 0.6) is 0 Å². The number of benzene rings is 12. The number of hydrogen-bond donors (Lipinski definition) is 0. The lowest BCUT2D eigenvalue weighted by Gasteiger charge is -2.20. The van der Waals surface area contributed by atoms with Gasteiger partial charge in [-0.1, -0.05) is 170 Å².